The largest absolute Gasteiger partial charge is 0.479 e. The molecule has 0 bridgehead atoms. The van der Waals surface area contributed by atoms with Crippen molar-refractivity contribution in [2.24, 2.45) is 5.92 Å². The Labute approximate surface area is 130 Å². The summed E-state index contributed by atoms with van der Waals surface area (Å²) < 4.78 is 34.5. The molecule has 1 aromatic heterocycles. The summed E-state index contributed by atoms with van der Waals surface area (Å²) in [6, 6.07) is 2.48. The Morgan fingerprint density at radius 3 is 2.52 bits per heavy atom. The Morgan fingerprint density at radius 1 is 1.29 bits per heavy atom. The van der Waals surface area contributed by atoms with Crippen molar-refractivity contribution in [3.05, 3.63) is 41.5 Å². The van der Waals surface area contributed by atoms with Crippen LogP contribution in [0.4, 0.5) is 8.78 Å². The molecule has 0 N–H and O–H groups in total. The molecule has 2 aromatic rings. The van der Waals surface area contributed by atoms with E-state index in [1.807, 2.05) is 13.8 Å². The summed E-state index contributed by atoms with van der Waals surface area (Å²) in [5.41, 5.74) is 0.514. The van der Waals surface area contributed by atoms with Crippen LogP contribution in [-0.2, 0) is 18.5 Å². The van der Waals surface area contributed by atoms with Crippen molar-refractivity contribution in [1.82, 2.24) is 14.8 Å². The number of hydrogen-bond acceptors (Lipinski definition) is 3. The standard InChI is InChI=1S/C14H16BrF2N3O/c1-9(2)6-20-13(18-8-19-20)7-21-14-11(16)3-10(5-15)4-12(14)17/h3-4,8-9H,5-7H2,1-2H3. The monoisotopic (exact) mass is 359 g/mol. The van der Waals surface area contributed by atoms with Crippen molar-refractivity contribution in [2.45, 2.75) is 32.3 Å². The molecule has 0 unspecified atom stereocenters. The molecule has 0 radical (unpaired) electrons. The van der Waals surface area contributed by atoms with E-state index in [9.17, 15) is 8.78 Å². The number of rotatable bonds is 6. The van der Waals surface area contributed by atoms with Gasteiger partial charge in [0.2, 0.25) is 0 Å². The lowest BCUT2D eigenvalue weighted by molar-refractivity contribution is 0.256. The molecule has 0 aliphatic carbocycles. The minimum absolute atomic E-state index is 0.0335. The Kier molecular flexibility index (Phi) is 5.27. The van der Waals surface area contributed by atoms with Crippen molar-refractivity contribution in [3.63, 3.8) is 0 Å². The van der Waals surface area contributed by atoms with E-state index in [-0.39, 0.29) is 6.61 Å². The molecule has 0 aliphatic heterocycles. The molecule has 7 heteroatoms. The van der Waals surface area contributed by atoms with Crippen LogP contribution in [0, 0.1) is 17.6 Å². The van der Waals surface area contributed by atoms with E-state index in [1.165, 1.54) is 18.5 Å². The predicted octanol–water partition coefficient (Wildman–Crippen LogP) is 3.69. The zero-order valence-electron chi connectivity index (χ0n) is 11.8. The lowest BCUT2D eigenvalue weighted by Crippen LogP contribution is -2.13. The summed E-state index contributed by atoms with van der Waals surface area (Å²) >= 11 is 3.16. The highest BCUT2D eigenvalue weighted by atomic mass is 79.9. The van der Waals surface area contributed by atoms with Gasteiger partial charge < -0.3 is 4.74 Å². The van der Waals surface area contributed by atoms with Gasteiger partial charge in [0.15, 0.2) is 23.2 Å². The van der Waals surface area contributed by atoms with Crippen molar-refractivity contribution in [1.29, 1.82) is 0 Å². The highest BCUT2D eigenvalue weighted by Gasteiger charge is 2.14. The van der Waals surface area contributed by atoms with Crippen molar-refractivity contribution >= 4 is 15.9 Å². The molecule has 1 heterocycles. The zero-order valence-corrected chi connectivity index (χ0v) is 13.4. The van der Waals surface area contributed by atoms with Gasteiger partial charge in [0, 0.05) is 11.9 Å². The van der Waals surface area contributed by atoms with E-state index >= 15 is 0 Å². The predicted molar refractivity (Wildman–Crippen MR) is 78.2 cm³/mol. The third-order valence-corrected chi connectivity index (χ3v) is 3.44. The Balaban J connectivity index is 2.12. The van der Waals surface area contributed by atoms with Gasteiger partial charge in [-0.25, -0.2) is 18.4 Å². The molecule has 2 rings (SSSR count). The van der Waals surface area contributed by atoms with Crippen LogP contribution in [0.2, 0.25) is 0 Å². The van der Waals surface area contributed by atoms with Crippen LogP contribution < -0.4 is 4.74 Å². The Morgan fingerprint density at radius 2 is 1.95 bits per heavy atom. The molecule has 0 saturated heterocycles. The highest BCUT2D eigenvalue weighted by molar-refractivity contribution is 9.08. The maximum Gasteiger partial charge on any atom is 0.191 e. The van der Waals surface area contributed by atoms with Gasteiger partial charge >= 0.3 is 0 Å². The molecule has 0 spiro atoms. The zero-order chi connectivity index (χ0) is 15.4. The molecule has 0 saturated carbocycles. The lowest BCUT2D eigenvalue weighted by atomic mass is 10.2. The molecular formula is C14H16BrF2N3O. The smallest absolute Gasteiger partial charge is 0.191 e. The van der Waals surface area contributed by atoms with Crippen molar-refractivity contribution in [3.8, 4) is 5.75 Å². The summed E-state index contributed by atoms with van der Waals surface area (Å²) in [5, 5.41) is 4.45. The molecule has 0 fully saturated rings. The second-order valence-electron chi connectivity index (χ2n) is 5.06. The molecule has 114 valence electrons. The average molecular weight is 360 g/mol. The van der Waals surface area contributed by atoms with Crippen LogP contribution in [-0.4, -0.2) is 14.8 Å². The first-order valence-corrected chi connectivity index (χ1v) is 7.66. The number of benzene rings is 1. The van der Waals surface area contributed by atoms with Gasteiger partial charge in [0.25, 0.3) is 0 Å². The third kappa shape index (κ3) is 4.00. The quantitative estimate of drug-likeness (QED) is 0.738. The second-order valence-corrected chi connectivity index (χ2v) is 5.62. The number of ether oxygens (including phenoxy) is 1. The number of aromatic nitrogens is 3. The van der Waals surface area contributed by atoms with Gasteiger partial charge in [-0.2, -0.15) is 5.10 Å². The van der Waals surface area contributed by atoms with Crippen LogP contribution in [0.1, 0.15) is 25.2 Å². The van der Waals surface area contributed by atoms with Crippen molar-refractivity contribution in [2.75, 3.05) is 0 Å². The van der Waals surface area contributed by atoms with E-state index in [0.29, 0.717) is 29.2 Å². The summed E-state index contributed by atoms with van der Waals surface area (Å²) in [6.45, 7) is 4.73. The molecule has 0 amide bonds. The number of hydrogen-bond donors (Lipinski definition) is 0. The molecule has 0 aliphatic rings. The lowest BCUT2D eigenvalue weighted by Gasteiger charge is -2.11. The number of halogens is 3. The first-order chi connectivity index (χ1) is 10.0. The normalized spacial score (nSPS) is 11.1. The SMILES string of the molecule is CC(C)Cn1ncnc1COc1c(F)cc(CBr)cc1F. The Hall–Kier alpha value is -1.50. The summed E-state index contributed by atoms with van der Waals surface area (Å²) in [6.07, 6.45) is 1.40. The van der Waals surface area contributed by atoms with Gasteiger partial charge in [-0.15, -0.1) is 0 Å². The minimum Gasteiger partial charge on any atom is -0.479 e. The maximum absolute atomic E-state index is 13.8. The summed E-state index contributed by atoms with van der Waals surface area (Å²) in [5.74, 6) is -0.915. The molecular weight excluding hydrogens is 344 g/mol. The minimum atomic E-state index is -0.723. The van der Waals surface area contributed by atoms with Gasteiger partial charge in [-0.1, -0.05) is 29.8 Å². The molecule has 0 atom stereocenters. The van der Waals surface area contributed by atoms with Crippen LogP contribution in [0.15, 0.2) is 18.5 Å². The molecule has 1 aromatic carbocycles. The third-order valence-electron chi connectivity index (χ3n) is 2.79. The highest BCUT2D eigenvalue weighted by Crippen LogP contribution is 2.25. The Bertz CT molecular complexity index is 593. The van der Waals surface area contributed by atoms with Gasteiger partial charge in [-0.3, -0.25) is 0 Å². The van der Waals surface area contributed by atoms with Crippen LogP contribution in [0.3, 0.4) is 0 Å². The topological polar surface area (TPSA) is 39.9 Å². The molecule has 4 nitrogen and oxygen atoms in total. The van der Waals surface area contributed by atoms with Gasteiger partial charge in [0.05, 0.1) is 0 Å². The maximum atomic E-state index is 13.8. The first-order valence-electron chi connectivity index (χ1n) is 6.54. The van der Waals surface area contributed by atoms with E-state index in [0.717, 1.165) is 0 Å². The fourth-order valence-electron chi connectivity index (χ4n) is 1.86. The van der Waals surface area contributed by atoms with Gasteiger partial charge in [-0.05, 0) is 23.6 Å². The fraction of sp³-hybridized carbons (Fsp3) is 0.429. The second kappa shape index (κ2) is 6.98. The van der Waals surface area contributed by atoms with E-state index in [1.54, 1.807) is 4.68 Å². The average Bonchev–Trinajstić information content (AvgIpc) is 2.84. The van der Waals surface area contributed by atoms with Crippen LogP contribution in [0.5, 0.6) is 5.75 Å². The van der Waals surface area contributed by atoms with Gasteiger partial charge in [0.1, 0.15) is 12.9 Å². The van der Waals surface area contributed by atoms with E-state index in [4.69, 9.17) is 4.74 Å². The molecule has 21 heavy (non-hydrogen) atoms. The number of alkyl halides is 1. The van der Waals surface area contributed by atoms with E-state index < -0.39 is 17.4 Å². The van der Waals surface area contributed by atoms with Crippen molar-refractivity contribution < 1.29 is 13.5 Å². The fourth-order valence-corrected chi connectivity index (χ4v) is 2.19. The summed E-state index contributed by atoms with van der Waals surface area (Å²) in [4.78, 5) is 4.05. The van der Waals surface area contributed by atoms with Crippen LogP contribution in [0.25, 0.3) is 0 Å². The first kappa shape index (κ1) is 15.9. The van der Waals surface area contributed by atoms with Crippen LogP contribution >= 0.6 is 15.9 Å². The summed E-state index contributed by atoms with van der Waals surface area (Å²) in [7, 11) is 0. The van der Waals surface area contributed by atoms with E-state index in [2.05, 4.69) is 26.0 Å². The number of nitrogens with zero attached hydrogens (tertiary/aromatic N) is 3.